The van der Waals surface area contributed by atoms with E-state index in [2.05, 4.69) is 10.3 Å². The predicted octanol–water partition coefficient (Wildman–Crippen LogP) is 3.18. The standard InChI is InChI=1S/C23H26N4O4S/c1-26(2)23(29)27-13-18(17-7-6-16(11-20(17)27)31-10-9-30-3)21(28)19-14-32-22(25-19)15-5-4-8-24-12-15/h4-8,11-13,19,22,25H,9-10,14H2,1-3H3/t19-,22?/m0/s1. The highest BCUT2D eigenvalue weighted by molar-refractivity contribution is 7.99. The van der Waals surface area contributed by atoms with E-state index in [1.807, 2.05) is 30.5 Å². The van der Waals surface area contributed by atoms with Crippen LogP contribution in [0.2, 0.25) is 0 Å². The Morgan fingerprint density at radius 1 is 1.28 bits per heavy atom. The highest BCUT2D eigenvalue weighted by Gasteiger charge is 2.33. The Morgan fingerprint density at radius 3 is 2.84 bits per heavy atom. The van der Waals surface area contributed by atoms with Crippen molar-refractivity contribution in [3.05, 3.63) is 60.0 Å². The van der Waals surface area contributed by atoms with Crippen LogP contribution in [-0.2, 0) is 4.74 Å². The fourth-order valence-corrected chi connectivity index (χ4v) is 4.87. The van der Waals surface area contributed by atoms with Gasteiger partial charge >= 0.3 is 6.03 Å². The summed E-state index contributed by atoms with van der Waals surface area (Å²) in [4.78, 5) is 31.9. The summed E-state index contributed by atoms with van der Waals surface area (Å²) in [5.41, 5.74) is 2.19. The first-order valence-corrected chi connectivity index (χ1v) is 11.3. The fourth-order valence-electron chi connectivity index (χ4n) is 3.64. The number of hydrogen-bond donors (Lipinski definition) is 1. The third-order valence-electron chi connectivity index (χ3n) is 5.27. The molecule has 1 aromatic carbocycles. The van der Waals surface area contributed by atoms with Crippen molar-refractivity contribution in [1.82, 2.24) is 19.8 Å². The molecule has 2 aromatic heterocycles. The number of pyridine rings is 1. The zero-order valence-corrected chi connectivity index (χ0v) is 19.1. The number of methoxy groups -OCH3 is 1. The molecule has 0 bridgehead atoms. The molecule has 168 valence electrons. The number of rotatable bonds is 7. The molecule has 0 aliphatic carbocycles. The van der Waals surface area contributed by atoms with E-state index in [0.717, 1.165) is 10.9 Å². The number of carbonyl (C=O) groups excluding carboxylic acids is 2. The lowest BCUT2D eigenvalue weighted by atomic mass is 10.0. The van der Waals surface area contributed by atoms with Crippen molar-refractivity contribution >= 4 is 34.5 Å². The number of fused-ring (bicyclic) bond motifs is 1. The van der Waals surface area contributed by atoms with E-state index >= 15 is 0 Å². The number of benzene rings is 1. The number of thioether (sulfide) groups is 1. The molecule has 9 heteroatoms. The number of aromatic nitrogens is 2. The van der Waals surface area contributed by atoms with Gasteiger partial charge in [-0.25, -0.2) is 4.79 Å². The summed E-state index contributed by atoms with van der Waals surface area (Å²) in [5, 5.41) is 4.14. The van der Waals surface area contributed by atoms with Gasteiger partial charge in [0.15, 0.2) is 5.78 Å². The van der Waals surface area contributed by atoms with Gasteiger partial charge in [-0.05, 0) is 23.8 Å². The maximum atomic E-state index is 13.5. The Labute approximate surface area is 190 Å². The van der Waals surface area contributed by atoms with Crippen LogP contribution in [0.4, 0.5) is 4.79 Å². The Bertz CT molecular complexity index is 1120. The number of nitrogens with zero attached hydrogens (tertiary/aromatic N) is 3. The number of hydrogen-bond acceptors (Lipinski definition) is 7. The van der Waals surface area contributed by atoms with Crippen LogP contribution in [0.5, 0.6) is 5.75 Å². The summed E-state index contributed by atoms with van der Waals surface area (Å²) in [6.07, 6.45) is 5.18. The number of nitrogens with one attached hydrogen (secondary N) is 1. The van der Waals surface area contributed by atoms with Crippen molar-refractivity contribution in [3.8, 4) is 5.75 Å². The van der Waals surface area contributed by atoms with Crippen LogP contribution in [0, 0.1) is 0 Å². The summed E-state index contributed by atoms with van der Waals surface area (Å²) in [5.74, 6) is 1.23. The molecule has 8 nitrogen and oxygen atoms in total. The van der Waals surface area contributed by atoms with Gasteiger partial charge in [0.2, 0.25) is 0 Å². The average molecular weight is 455 g/mol. The molecular weight excluding hydrogens is 428 g/mol. The molecule has 1 N–H and O–H groups in total. The van der Waals surface area contributed by atoms with E-state index in [0.29, 0.717) is 35.8 Å². The van der Waals surface area contributed by atoms with Gasteiger partial charge < -0.3 is 14.4 Å². The lowest BCUT2D eigenvalue weighted by molar-refractivity contribution is 0.0957. The van der Waals surface area contributed by atoms with Crippen molar-refractivity contribution in [3.63, 3.8) is 0 Å². The third kappa shape index (κ3) is 4.50. The Kier molecular flexibility index (Phi) is 6.78. The molecule has 2 atom stereocenters. The molecule has 0 spiro atoms. The summed E-state index contributed by atoms with van der Waals surface area (Å²) in [7, 11) is 4.98. The minimum Gasteiger partial charge on any atom is -0.491 e. The molecule has 3 aromatic rings. The van der Waals surface area contributed by atoms with Crippen LogP contribution >= 0.6 is 11.8 Å². The van der Waals surface area contributed by atoms with Gasteiger partial charge in [0, 0.05) is 62.6 Å². The summed E-state index contributed by atoms with van der Waals surface area (Å²) in [6, 6.07) is 8.75. The molecule has 32 heavy (non-hydrogen) atoms. The summed E-state index contributed by atoms with van der Waals surface area (Å²) >= 11 is 1.68. The van der Waals surface area contributed by atoms with E-state index < -0.39 is 0 Å². The van der Waals surface area contributed by atoms with Crippen LogP contribution in [0.3, 0.4) is 0 Å². The summed E-state index contributed by atoms with van der Waals surface area (Å²) < 4.78 is 12.2. The van der Waals surface area contributed by atoms with E-state index in [9.17, 15) is 9.59 Å². The first-order chi connectivity index (χ1) is 15.5. The third-order valence-corrected chi connectivity index (χ3v) is 6.54. The molecule has 1 unspecified atom stereocenters. The lowest BCUT2D eigenvalue weighted by Crippen LogP contribution is -2.34. The monoisotopic (exact) mass is 454 g/mol. The first kappa shape index (κ1) is 22.3. The van der Waals surface area contributed by atoms with Gasteiger partial charge in [-0.15, -0.1) is 11.8 Å². The normalized spacial score (nSPS) is 18.1. The highest BCUT2D eigenvalue weighted by Crippen LogP contribution is 2.35. The second-order valence-corrected chi connectivity index (χ2v) is 8.83. The molecule has 1 saturated heterocycles. The van der Waals surface area contributed by atoms with Gasteiger partial charge in [0.05, 0.1) is 23.5 Å². The van der Waals surface area contributed by atoms with E-state index in [1.165, 1.54) is 9.47 Å². The van der Waals surface area contributed by atoms with Crippen molar-refractivity contribution in [1.29, 1.82) is 0 Å². The second kappa shape index (κ2) is 9.72. The Balaban J connectivity index is 1.64. The van der Waals surface area contributed by atoms with Gasteiger partial charge in [0.1, 0.15) is 12.4 Å². The van der Waals surface area contributed by atoms with Gasteiger partial charge in [-0.2, -0.15) is 0 Å². The predicted molar refractivity (Wildman–Crippen MR) is 124 cm³/mol. The molecule has 3 heterocycles. The molecule has 0 saturated carbocycles. The second-order valence-electron chi connectivity index (χ2n) is 7.69. The largest absolute Gasteiger partial charge is 0.491 e. The van der Waals surface area contributed by atoms with E-state index in [4.69, 9.17) is 9.47 Å². The van der Waals surface area contributed by atoms with Crippen molar-refractivity contribution in [2.75, 3.05) is 40.2 Å². The highest BCUT2D eigenvalue weighted by atomic mass is 32.2. The zero-order chi connectivity index (χ0) is 22.7. The van der Waals surface area contributed by atoms with Gasteiger partial charge in [-0.1, -0.05) is 6.07 Å². The molecule has 1 aliphatic heterocycles. The smallest absolute Gasteiger partial charge is 0.328 e. The summed E-state index contributed by atoms with van der Waals surface area (Å²) in [6.45, 7) is 0.859. The average Bonchev–Trinajstić information content (AvgIpc) is 3.44. The minimum absolute atomic E-state index is 0.00944. The van der Waals surface area contributed by atoms with Crippen LogP contribution in [0.1, 0.15) is 21.3 Å². The molecule has 1 aliphatic rings. The lowest BCUT2D eigenvalue weighted by Gasteiger charge is -2.12. The maximum absolute atomic E-state index is 13.5. The minimum atomic E-state index is -0.351. The Morgan fingerprint density at radius 2 is 2.12 bits per heavy atom. The SMILES string of the molecule is COCCOc1ccc2c(C(=O)[C@@H]3CSC(c4cccnc4)N3)cn(C(=O)N(C)C)c2c1. The number of ether oxygens (including phenoxy) is 2. The molecule has 1 amide bonds. The van der Waals surface area contributed by atoms with Gasteiger partial charge in [0.25, 0.3) is 0 Å². The van der Waals surface area contributed by atoms with Crippen molar-refractivity contribution in [2.45, 2.75) is 11.4 Å². The van der Waals surface area contributed by atoms with Crippen LogP contribution in [-0.4, -0.2) is 72.5 Å². The maximum Gasteiger partial charge on any atom is 0.328 e. The quantitative estimate of drug-likeness (QED) is 0.433. The number of carbonyl (C=O) groups is 2. The molecule has 4 rings (SSSR count). The van der Waals surface area contributed by atoms with Crippen LogP contribution in [0.15, 0.2) is 48.9 Å². The van der Waals surface area contributed by atoms with Crippen LogP contribution in [0.25, 0.3) is 10.9 Å². The topological polar surface area (TPSA) is 85.7 Å². The van der Waals surface area contributed by atoms with E-state index in [1.54, 1.807) is 51.4 Å². The molecule has 0 radical (unpaired) electrons. The number of amides is 1. The van der Waals surface area contributed by atoms with Gasteiger partial charge in [-0.3, -0.25) is 19.7 Å². The number of ketones is 1. The fraction of sp³-hybridized carbons (Fsp3) is 0.348. The van der Waals surface area contributed by atoms with Crippen molar-refractivity contribution < 1.29 is 19.1 Å². The molecular formula is C23H26N4O4S. The van der Waals surface area contributed by atoms with E-state index in [-0.39, 0.29) is 23.2 Å². The van der Waals surface area contributed by atoms with Crippen molar-refractivity contribution in [2.24, 2.45) is 0 Å². The zero-order valence-electron chi connectivity index (χ0n) is 18.3. The number of Topliss-reactive ketones (excluding diaryl/α,β-unsaturated/α-hetero) is 1. The van der Waals surface area contributed by atoms with Crippen LogP contribution < -0.4 is 10.1 Å². The molecule has 1 fully saturated rings. The Hall–Kier alpha value is -2.88. The first-order valence-electron chi connectivity index (χ1n) is 10.3.